The second kappa shape index (κ2) is 7.92. The van der Waals surface area contributed by atoms with E-state index in [4.69, 9.17) is 0 Å². The maximum Gasteiger partial charge on any atom is 0.350 e. The molecule has 0 atom stereocenters. The molecule has 1 N–H and O–H groups in total. The molecule has 0 radical (unpaired) electrons. The number of hydrogen-bond acceptors (Lipinski definition) is 5. The molecule has 0 spiro atoms. The van der Waals surface area contributed by atoms with Gasteiger partial charge in [0, 0.05) is 11.9 Å². The Morgan fingerprint density at radius 3 is 2.42 bits per heavy atom. The minimum absolute atomic E-state index is 0.106. The van der Waals surface area contributed by atoms with Gasteiger partial charge in [0.05, 0.1) is 22.5 Å². The van der Waals surface area contributed by atoms with Crippen LogP contribution in [0.5, 0.6) is 0 Å². The molecule has 4 rings (SSSR count). The molecular weight excluding hydrogens is 401 g/mol. The predicted octanol–water partition coefficient (Wildman–Crippen LogP) is 2.51. The van der Waals surface area contributed by atoms with Crippen molar-refractivity contribution in [3.8, 4) is 11.4 Å². The maximum atomic E-state index is 13.8. The van der Waals surface area contributed by atoms with Gasteiger partial charge >= 0.3 is 5.69 Å². The molecule has 0 amide bonds. The van der Waals surface area contributed by atoms with Gasteiger partial charge in [0.15, 0.2) is 5.82 Å². The van der Waals surface area contributed by atoms with Gasteiger partial charge in [0.2, 0.25) is 0 Å². The standard InChI is InChI=1S/C22H22FN5O3/c1-4-26-18(12-29)24-28(22(26)31)17-10-6-9-16-19(17)20(13(2)3)25-27(21(16)30)15-8-5-7-14(23)11-15/h5-11,13,29H,4,12H2,1-3H3. The molecule has 2 heterocycles. The maximum absolute atomic E-state index is 13.8. The van der Waals surface area contributed by atoms with Gasteiger partial charge in [-0.1, -0.05) is 26.0 Å². The van der Waals surface area contributed by atoms with E-state index in [9.17, 15) is 19.1 Å². The van der Waals surface area contributed by atoms with Crippen LogP contribution in [0.3, 0.4) is 0 Å². The predicted molar refractivity (Wildman–Crippen MR) is 114 cm³/mol. The number of halogens is 1. The number of aromatic nitrogens is 5. The van der Waals surface area contributed by atoms with Crippen molar-refractivity contribution in [2.75, 3.05) is 0 Å². The fourth-order valence-electron chi connectivity index (χ4n) is 3.70. The van der Waals surface area contributed by atoms with Gasteiger partial charge in [-0.05, 0) is 43.2 Å². The van der Waals surface area contributed by atoms with Crippen LogP contribution in [0.2, 0.25) is 0 Å². The molecule has 8 nitrogen and oxygen atoms in total. The molecule has 0 aliphatic rings. The van der Waals surface area contributed by atoms with Crippen molar-refractivity contribution < 1.29 is 9.50 Å². The van der Waals surface area contributed by atoms with Crippen LogP contribution in [-0.2, 0) is 13.2 Å². The summed E-state index contributed by atoms with van der Waals surface area (Å²) in [5.41, 5.74) is 0.441. The number of fused-ring (bicyclic) bond motifs is 1. The molecule has 4 aromatic rings. The van der Waals surface area contributed by atoms with E-state index >= 15 is 0 Å². The fourth-order valence-corrected chi connectivity index (χ4v) is 3.70. The van der Waals surface area contributed by atoms with Gasteiger partial charge in [-0.15, -0.1) is 5.10 Å². The van der Waals surface area contributed by atoms with Crippen LogP contribution in [0.1, 0.15) is 38.2 Å². The van der Waals surface area contributed by atoms with Crippen LogP contribution in [0.15, 0.2) is 52.1 Å². The first kappa shape index (κ1) is 20.7. The highest BCUT2D eigenvalue weighted by Crippen LogP contribution is 2.27. The van der Waals surface area contributed by atoms with Crippen LogP contribution in [0.25, 0.3) is 22.1 Å². The van der Waals surface area contributed by atoms with Crippen LogP contribution >= 0.6 is 0 Å². The van der Waals surface area contributed by atoms with Gasteiger partial charge in [-0.3, -0.25) is 9.36 Å². The summed E-state index contributed by atoms with van der Waals surface area (Å²) in [5.74, 6) is -0.346. The first-order chi connectivity index (χ1) is 14.9. The van der Waals surface area contributed by atoms with Crippen LogP contribution in [0, 0.1) is 5.82 Å². The Morgan fingerprint density at radius 2 is 1.81 bits per heavy atom. The Morgan fingerprint density at radius 1 is 1.06 bits per heavy atom. The number of aliphatic hydroxyl groups excluding tert-OH is 1. The third-order valence-corrected chi connectivity index (χ3v) is 5.15. The summed E-state index contributed by atoms with van der Waals surface area (Å²) < 4.78 is 17.5. The molecule has 2 aromatic carbocycles. The zero-order valence-electron chi connectivity index (χ0n) is 17.4. The lowest BCUT2D eigenvalue weighted by atomic mass is 10.0. The van der Waals surface area contributed by atoms with Crippen molar-refractivity contribution in [2.24, 2.45) is 0 Å². The Kier molecular flexibility index (Phi) is 5.28. The summed E-state index contributed by atoms with van der Waals surface area (Å²) in [7, 11) is 0. The molecule has 160 valence electrons. The molecule has 9 heteroatoms. The number of rotatable bonds is 5. The first-order valence-corrected chi connectivity index (χ1v) is 9.99. The summed E-state index contributed by atoms with van der Waals surface area (Å²) in [4.78, 5) is 26.2. The first-order valence-electron chi connectivity index (χ1n) is 9.99. The molecule has 0 aliphatic carbocycles. The van der Waals surface area contributed by atoms with Gasteiger partial charge in [-0.2, -0.15) is 14.5 Å². The smallest absolute Gasteiger partial charge is 0.350 e. The third-order valence-electron chi connectivity index (χ3n) is 5.15. The molecule has 0 saturated heterocycles. The van der Waals surface area contributed by atoms with Crippen molar-refractivity contribution in [3.63, 3.8) is 0 Å². The summed E-state index contributed by atoms with van der Waals surface area (Å²) in [6.45, 7) is 5.59. The van der Waals surface area contributed by atoms with Gasteiger partial charge in [-0.25, -0.2) is 9.18 Å². The Bertz CT molecular complexity index is 1400. The lowest BCUT2D eigenvalue weighted by molar-refractivity contribution is 0.264. The second-order valence-electron chi connectivity index (χ2n) is 7.45. The minimum atomic E-state index is -0.473. The van der Waals surface area contributed by atoms with Crippen molar-refractivity contribution >= 4 is 10.8 Å². The Balaban J connectivity index is 2.10. The SMILES string of the molecule is CCn1c(CO)nn(-c2cccc3c(=O)n(-c4cccc(F)c4)nc(C(C)C)c23)c1=O. The number of aliphatic hydroxyl groups is 1. The average molecular weight is 423 g/mol. The zero-order chi connectivity index (χ0) is 22.3. The number of nitrogens with zero attached hydrogens (tertiary/aromatic N) is 5. The highest BCUT2D eigenvalue weighted by molar-refractivity contribution is 5.91. The number of hydrogen-bond donors (Lipinski definition) is 1. The van der Waals surface area contributed by atoms with Gasteiger partial charge in [0.25, 0.3) is 5.56 Å². The van der Waals surface area contributed by atoms with Crippen molar-refractivity contribution in [1.82, 2.24) is 24.1 Å². The van der Waals surface area contributed by atoms with E-state index in [1.807, 2.05) is 13.8 Å². The normalized spacial score (nSPS) is 11.5. The molecular formula is C22H22FN5O3. The van der Waals surface area contributed by atoms with Crippen molar-refractivity contribution in [1.29, 1.82) is 0 Å². The van der Waals surface area contributed by atoms with E-state index < -0.39 is 17.1 Å². The summed E-state index contributed by atoms with van der Waals surface area (Å²) >= 11 is 0. The van der Waals surface area contributed by atoms with E-state index in [0.717, 1.165) is 0 Å². The second-order valence-corrected chi connectivity index (χ2v) is 7.45. The highest BCUT2D eigenvalue weighted by atomic mass is 19.1. The largest absolute Gasteiger partial charge is 0.388 e. The average Bonchev–Trinajstić information content (AvgIpc) is 3.08. The Hall–Kier alpha value is -3.59. The highest BCUT2D eigenvalue weighted by Gasteiger charge is 2.21. The Labute approximate surface area is 176 Å². The van der Waals surface area contributed by atoms with E-state index in [1.54, 1.807) is 31.2 Å². The fraction of sp³-hybridized carbons (Fsp3) is 0.273. The van der Waals surface area contributed by atoms with Crippen LogP contribution in [0.4, 0.5) is 4.39 Å². The lowest BCUT2D eigenvalue weighted by Crippen LogP contribution is -2.27. The van der Waals surface area contributed by atoms with Gasteiger partial charge < -0.3 is 5.11 Å². The monoisotopic (exact) mass is 423 g/mol. The number of benzene rings is 2. The topological polar surface area (TPSA) is 94.9 Å². The molecule has 2 aromatic heterocycles. The van der Waals surface area contributed by atoms with Crippen LogP contribution < -0.4 is 11.2 Å². The zero-order valence-corrected chi connectivity index (χ0v) is 17.4. The molecule has 0 bridgehead atoms. The van der Waals surface area contributed by atoms with E-state index in [0.29, 0.717) is 34.4 Å². The van der Waals surface area contributed by atoms with Gasteiger partial charge in [0.1, 0.15) is 12.4 Å². The van der Waals surface area contributed by atoms with E-state index in [1.165, 1.54) is 32.1 Å². The molecule has 0 fully saturated rings. The molecule has 0 aliphatic heterocycles. The van der Waals surface area contributed by atoms with Crippen molar-refractivity contribution in [3.05, 3.63) is 80.6 Å². The lowest BCUT2D eigenvalue weighted by Gasteiger charge is -2.15. The van der Waals surface area contributed by atoms with Crippen LogP contribution in [-0.4, -0.2) is 29.2 Å². The molecule has 0 saturated carbocycles. The summed E-state index contributed by atoms with van der Waals surface area (Å²) in [6, 6.07) is 10.7. The quantitative estimate of drug-likeness (QED) is 0.532. The molecule has 31 heavy (non-hydrogen) atoms. The van der Waals surface area contributed by atoms with E-state index in [2.05, 4.69) is 10.2 Å². The van der Waals surface area contributed by atoms with Crippen molar-refractivity contribution in [2.45, 2.75) is 39.8 Å². The summed E-state index contributed by atoms with van der Waals surface area (Å²) in [5, 5.41) is 19.2. The minimum Gasteiger partial charge on any atom is -0.388 e. The summed E-state index contributed by atoms with van der Waals surface area (Å²) in [6.07, 6.45) is 0. The molecule has 0 unspecified atom stereocenters. The third kappa shape index (κ3) is 3.36. The van der Waals surface area contributed by atoms with E-state index in [-0.39, 0.29) is 18.3 Å².